The van der Waals surface area contributed by atoms with Crippen LogP contribution in [0, 0.1) is 6.92 Å². The number of para-hydroxylation sites is 1. The van der Waals surface area contributed by atoms with Crippen molar-refractivity contribution in [2.45, 2.75) is 13.3 Å². The lowest BCUT2D eigenvalue weighted by molar-refractivity contribution is 0.0956. The third-order valence-electron chi connectivity index (χ3n) is 3.98. The molecule has 1 aromatic carbocycles. The Balaban J connectivity index is 1.58. The standard InChI is InChI=1S/C20H20N2O4S/c1-13-12-17(22-19(23)16-8-5-11-26-16)27-18(13)20(24)21-10-9-14-6-3-4-7-15(14)25-2/h3-8,11-12H,9-10H2,1-2H3,(H,21,24)(H,22,23). The molecule has 27 heavy (non-hydrogen) atoms. The summed E-state index contributed by atoms with van der Waals surface area (Å²) in [5, 5.41) is 6.27. The van der Waals surface area contributed by atoms with Crippen LogP contribution in [0.25, 0.3) is 0 Å². The number of aryl methyl sites for hydroxylation is 1. The quantitative estimate of drug-likeness (QED) is 0.648. The highest BCUT2D eigenvalue weighted by Crippen LogP contribution is 2.27. The van der Waals surface area contributed by atoms with Gasteiger partial charge in [-0.1, -0.05) is 18.2 Å². The van der Waals surface area contributed by atoms with Crippen molar-refractivity contribution in [2.75, 3.05) is 19.0 Å². The molecule has 0 fully saturated rings. The maximum absolute atomic E-state index is 12.5. The summed E-state index contributed by atoms with van der Waals surface area (Å²) in [6.45, 7) is 2.33. The van der Waals surface area contributed by atoms with Crippen molar-refractivity contribution in [1.82, 2.24) is 5.32 Å². The number of hydrogen-bond acceptors (Lipinski definition) is 5. The summed E-state index contributed by atoms with van der Waals surface area (Å²) in [4.78, 5) is 25.1. The van der Waals surface area contributed by atoms with Crippen molar-refractivity contribution in [1.29, 1.82) is 0 Å². The maximum Gasteiger partial charge on any atom is 0.291 e. The number of nitrogens with one attached hydrogen (secondary N) is 2. The fourth-order valence-electron chi connectivity index (χ4n) is 2.65. The van der Waals surface area contributed by atoms with E-state index in [4.69, 9.17) is 9.15 Å². The van der Waals surface area contributed by atoms with E-state index in [1.54, 1.807) is 25.3 Å². The normalized spacial score (nSPS) is 10.4. The van der Waals surface area contributed by atoms with E-state index in [1.807, 2.05) is 31.2 Å². The molecule has 0 unspecified atom stereocenters. The molecule has 2 amide bonds. The summed E-state index contributed by atoms with van der Waals surface area (Å²) in [7, 11) is 1.63. The molecule has 140 valence electrons. The van der Waals surface area contributed by atoms with Gasteiger partial charge < -0.3 is 19.8 Å². The minimum absolute atomic E-state index is 0.161. The Bertz CT molecular complexity index is 931. The third kappa shape index (κ3) is 4.57. The van der Waals surface area contributed by atoms with Crippen LogP contribution in [0.5, 0.6) is 5.75 Å². The van der Waals surface area contributed by atoms with E-state index in [1.165, 1.54) is 17.6 Å². The fraction of sp³-hybridized carbons (Fsp3) is 0.200. The first-order valence-electron chi connectivity index (χ1n) is 8.44. The molecule has 0 radical (unpaired) electrons. The van der Waals surface area contributed by atoms with Crippen molar-refractivity contribution in [2.24, 2.45) is 0 Å². The summed E-state index contributed by atoms with van der Waals surface area (Å²) in [5.41, 5.74) is 1.85. The summed E-state index contributed by atoms with van der Waals surface area (Å²) in [5.74, 6) is 0.529. The average Bonchev–Trinajstić information content (AvgIpc) is 3.32. The summed E-state index contributed by atoms with van der Waals surface area (Å²) >= 11 is 1.24. The summed E-state index contributed by atoms with van der Waals surface area (Å²) < 4.78 is 10.4. The molecular weight excluding hydrogens is 364 g/mol. The van der Waals surface area contributed by atoms with Crippen molar-refractivity contribution >= 4 is 28.2 Å². The number of anilines is 1. The minimum atomic E-state index is -0.343. The molecule has 0 aliphatic rings. The Hall–Kier alpha value is -3.06. The van der Waals surface area contributed by atoms with Gasteiger partial charge in [-0.2, -0.15) is 0 Å². The third-order valence-corrected chi connectivity index (χ3v) is 5.13. The number of rotatable bonds is 7. The van der Waals surface area contributed by atoms with Gasteiger partial charge in [-0.05, 0) is 48.7 Å². The van der Waals surface area contributed by atoms with Gasteiger partial charge in [0, 0.05) is 6.54 Å². The molecule has 0 saturated carbocycles. The zero-order valence-electron chi connectivity index (χ0n) is 15.1. The molecule has 0 aliphatic heterocycles. The van der Waals surface area contributed by atoms with Gasteiger partial charge in [0.25, 0.3) is 11.8 Å². The zero-order chi connectivity index (χ0) is 19.2. The lowest BCUT2D eigenvalue weighted by Crippen LogP contribution is -2.25. The second-order valence-electron chi connectivity index (χ2n) is 5.87. The molecule has 7 heteroatoms. The monoisotopic (exact) mass is 384 g/mol. The first-order chi connectivity index (χ1) is 13.1. The molecule has 0 aliphatic carbocycles. The highest BCUT2D eigenvalue weighted by Gasteiger charge is 2.16. The average molecular weight is 384 g/mol. The predicted molar refractivity (Wildman–Crippen MR) is 105 cm³/mol. The number of benzene rings is 1. The van der Waals surface area contributed by atoms with Crippen molar-refractivity contribution in [3.63, 3.8) is 0 Å². The fourth-order valence-corrected chi connectivity index (χ4v) is 3.63. The first-order valence-corrected chi connectivity index (χ1v) is 9.25. The van der Waals surface area contributed by atoms with Crippen LogP contribution in [0.15, 0.2) is 53.1 Å². The molecule has 0 spiro atoms. The molecule has 3 aromatic rings. The van der Waals surface area contributed by atoms with Crippen LogP contribution in [-0.4, -0.2) is 25.5 Å². The van der Waals surface area contributed by atoms with E-state index < -0.39 is 0 Å². The highest BCUT2D eigenvalue weighted by molar-refractivity contribution is 7.18. The van der Waals surface area contributed by atoms with Crippen LogP contribution < -0.4 is 15.4 Å². The van der Waals surface area contributed by atoms with Crippen molar-refractivity contribution < 1.29 is 18.7 Å². The smallest absolute Gasteiger partial charge is 0.291 e. The van der Waals surface area contributed by atoms with Gasteiger partial charge in [-0.15, -0.1) is 11.3 Å². The zero-order valence-corrected chi connectivity index (χ0v) is 15.9. The van der Waals surface area contributed by atoms with Gasteiger partial charge in [-0.3, -0.25) is 9.59 Å². The van der Waals surface area contributed by atoms with E-state index in [2.05, 4.69) is 10.6 Å². The van der Waals surface area contributed by atoms with Crippen LogP contribution in [-0.2, 0) is 6.42 Å². The Labute approximate surface area is 161 Å². The van der Waals surface area contributed by atoms with Crippen LogP contribution in [0.3, 0.4) is 0 Å². The molecule has 0 saturated heterocycles. The predicted octanol–water partition coefficient (Wildman–Crippen LogP) is 3.88. The molecule has 2 heterocycles. The number of hydrogen-bond donors (Lipinski definition) is 2. The number of ether oxygens (including phenoxy) is 1. The van der Waals surface area contributed by atoms with Gasteiger partial charge >= 0.3 is 0 Å². The van der Waals surface area contributed by atoms with Gasteiger partial charge in [0.15, 0.2) is 5.76 Å². The summed E-state index contributed by atoms with van der Waals surface area (Å²) in [6, 6.07) is 12.7. The second kappa shape index (κ2) is 8.55. The van der Waals surface area contributed by atoms with Gasteiger partial charge in [0.05, 0.1) is 23.3 Å². The van der Waals surface area contributed by atoms with Gasteiger partial charge in [0.1, 0.15) is 5.75 Å². The van der Waals surface area contributed by atoms with Crippen LogP contribution >= 0.6 is 11.3 Å². The van der Waals surface area contributed by atoms with E-state index in [9.17, 15) is 9.59 Å². The van der Waals surface area contributed by atoms with Crippen molar-refractivity contribution in [3.05, 3.63) is 70.5 Å². The Morgan fingerprint density at radius 1 is 1.15 bits per heavy atom. The minimum Gasteiger partial charge on any atom is -0.496 e. The number of carbonyl (C=O) groups is 2. The molecule has 2 N–H and O–H groups in total. The van der Waals surface area contributed by atoms with Crippen LogP contribution in [0.1, 0.15) is 31.4 Å². The molecule has 3 rings (SSSR count). The number of furan rings is 1. The van der Waals surface area contributed by atoms with E-state index in [0.29, 0.717) is 22.8 Å². The number of amides is 2. The van der Waals surface area contributed by atoms with Crippen LogP contribution in [0.4, 0.5) is 5.00 Å². The Kier molecular flexibility index (Phi) is 5.93. The second-order valence-corrected chi connectivity index (χ2v) is 6.92. The molecule has 0 atom stereocenters. The maximum atomic E-state index is 12.5. The van der Waals surface area contributed by atoms with Crippen molar-refractivity contribution in [3.8, 4) is 5.75 Å². The summed E-state index contributed by atoms with van der Waals surface area (Å²) in [6.07, 6.45) is 2.11. The van der Waals surface area contributed by atoms with Crippen LogP contribution in [0.2, 0.25) is 0 Å². The van der Waals surface area contributed by atoms with Gasteiger partial charge in [0.2, 0.25) is 0 Å². The SMILES string of the molecule is COc1ccccc1CCNC(=O)c1sc(NC(=O)c2ccco2)cc1C. The highest BCUT2D eigenvalue weighted by atomic mass is 32.1. The molecule has 2 aromatic heterocycles. The van der Waals surface area contributed by atoms with E-state index in [0.717, 1.165) is 16.9 Å². The van der Waals surface area contributed by atoms with E-state index in [-0.39, 0.29) is 17.6 Å². The number of methoxy groups -OCH3 is 1. The molecule has 0 bridgehead atoms. The Morgan fingerprint density at radius 2 is 1.96 bits per heavy atom. The topological polar surface area (TPSA) is 80.6 Å². The number of carbonyl (C=O) groups excluding carboxylic acids is 2. The van der Waals surface area contributed by atoms with Gasteiger partial charge in [-0.25, -0.2) is 0 Å². The molecular formula is C20H20N2O4S. The Morgan fingerprint density at radius 3 is 2.70 bits per heavy atom. The lowest BCUT2D eigenvalue weighted by atomic mass is 10.1. The molecule has 6 nitrogen and oxygen atoms in total. The largest absolute Gasteiger partial charge is 0.496 e. The number of thiophene rings is 1. The lowest BCUT2D eigenvalue weighted by Gasteiger charge is -2.09. The van der Waals surface area contributed by atoms with E-state index >= 15 is 0 Å². The first kappa shape index (κ1) is 18.7.